The lowest BCUT2D eigenvalue weighted by Crippen LogP contribution is -2.27. The van der Waals surface area contributed by atoms with Crippen LogP contribution in [0.15, 0.2) is 67.3 Å². The van der Waals surface area contributed by atoms with Gasteiger partial charge in [-0.15, -0.1) is 10.2 Å². The molecule has 0 saturated heterocycles. The van der Waals surface area contributed by atoms with Gasteiger partial charge in [0.2, 0.25) is 5.69 Å². The Morgan fingerprint density at radius 1 is 1.11 bits per heavy atom. The van der Waals surface area contributed by atoms with Crippen LogP contribution in [0.1, 0.15) is 22.5 Å². The molecule has 2 heterocycles. The van der Waals surface area contributed by atoms with E-state index in [1.807, 2.05) is 10.8 Å². The zero-order valence-corrected chi connectivity index (χ0v) is 18.8. The second-order valence-electron chi connectivity index (χ2n) is 7.33. The molecule has 12 heteroatoms. The van der Waals surface area contributed by atoms with E-state index in [9.17, 15) is 18.0 Å². The van der Waals surface area contributed by atoms with Crippen LogP contribution in [-0.2, 0) is 12.7 Å². The van der Waals surface area contributed by atoms with Crippen LogP contribution in [0.3, 0.4) is 0 Å². The summed E-state index contributed by atoms with van der Waals surface area (Å²) >= 11 is 5.91. The Morgan fingerprint density at radius 2 is 1.91 bits per heavy atom. The first-order valence-corrected chi connectivity index (χ1v) is 10.8. The van der Waals surface area contributed by atoms with E-state index in [2.05, 4.69) is 25.5 Å². The maximum Gasteiger partial charge on any atom is 0.416 e. The van der Waals surface area contributed by atoms with E-state index in [1.165, 1.54) is 12.1 Å². The van der Waals surface area contributed by atoms with Crippen LogP contribution < -0.4 is 10.1 Å². The molecular formula is C23H18ClF3N6O2. The molecular weight excluding hydrogens is 485 g/mol. The highest BCUT2D eigenvalue weighted by molar-refractivity contribution is 6.30. The first-order valence-electron chi connectivity index (χ1n) is 10.4. The van der Waals surface area contributed by atoms with Gasteiger partial charge in [0.25, 0.3) is 11.8 Å². The largest absolute Gasteiger partial charge is 0.437 e. The summed E-state index contributed by atoms with van der Waals surface area (Å²) in [4.78, 5) is 20.9. The average Bonchev–Trinajstić information content (AvgIpc) is 3.36. The second-order valence-corrected chi connectivity index (χ2v) is 7.77. The molecule has 0 fully saturated rings. The molecule has 0 bridgehead atoms. The lowest BCUT2D eigenvalue weighted by molar-refractivity contribution is -0.137. The van der Waals surface area contributed by atoms with Crippen molar-refractivity contribution >= 4 is 17.5 Å². The van der Waals surface area contributed by atoms with Crippen LogP contribution in [0.2, 0.25) is 5.02 Å². The van der Waals surface area contributed by atoms with Crippen LogP contribution >= 0.6 is 11.6 Å². The quantitative estimate of drug-likeness (QED) is 0.340. The van der Waals surface area contributed by atoms with Crippen molar-refractivity contribution in [2.24, 2.45) is 0 Å². The molecule has 0 saturated carbocycles. The summed E-state index contributed by atoms with van der Waals surface area (Å²) in [5, 5.41) is 11.0. The summed E-state index contributed by atoms with van der Waals surface area (Å²) in [6, 6.07) is 10.8. The number of nitrogens with one attached hydrogen (secondary N) is 1. The molecule has 0 aliphatic rings. The minimum Gasteiger partial charge on any atom is -0.437 e. The Labute approximate surface area is 202 Å². The van der Waals surface area contributed by atoms with Crippen molar-refractivity contribution in [1.29, 1.82) is 0 Å². The van der Waals surface area contributed by atoms with Crippen LogP contribution in [-0.4, -0.2) is 37.2 Å². The number of hydrogen-bond acceptors (Lipinski definition) is 6. The molecule has 0 aliphatic carbocycles. The van der Waals surface area contributed by atoms with E-state index in [-0.39, 0.29) is 23.0 Å². The number of ether oxygens (including phenoxy) is 1. The highest BCUT2D eigenvalue weighted by Gasteiger charge is 2.31. The fourth-order valence-electron chi connectivity index (χ4n) is 3.06. The third-order valence-corrected chi connectivity index (χ3v) is 5.04. The van der Waals surface area contributed by atoms with Crippen molar-refractivity contribution in [1.82, 2.24) is 30.0 Å². The second kappa shape index (κ2) is 10.5. The average molecular weight is 503 g/mol. The lowest BCUT2D eigenvalue weighted by Gasteiger charge is -2.12. The Bertz CT molecular complexity index is 1300. The van der Waals surface area contributed by atoms with Gasteiger partial charge in [0.1, 0.15) is 5.75 Å². The van der Waals surface area contributed by atoms with Gasteiger partial charge < -0.3 is 14.6 Å². The smallest absolute Gasteiger partial charge is 0.416 e. The molecule has 1 N–H and O–H groups in total. The number of halogens is 4. The molecule has 35 heavy (non-hydrogen) atoms. The number of aromatic nitrogens is 5. The van der Waals surface area contributed by atoms with Gasteiger partial charge in [0.05, 0.1) is 11.9 Å². The van der Waals surface area contributed by atoms with Gasteiger partial charge in [0, 0.05) is 36.1 Å². The molecule has 0 unspecified atom stereocenters. The third kappa shape index (κ3) is 6.33. The first kappa shape index (κ1) is 24.1. The van der Waals surface area contributed by atoms with Crippen LogP contribution in [0, 0.1) is 0 Å². The van der Waals surface area contributed by atoms with Crippen molar-refractivity contribution in [3.8, 4) is 23.0 Å². The monoisotopic (exact) mass is 502 g/mol. The number of hydrogen-bond donors (Lipinski definition) is 1. The highest BCUT2D eigenvalue weighted by Crippen LogP contribution is 2.32. The van der Waals surface area contributed by atoms with E-state index in [4.69, 9.17) is 16.3 Å². The highest BCUT2D eigenvalue weighted by atomic mass is 35.5. The van der Waals surface area contributed by atoms with Gasteiger partial charge in [-0.25, -0.2) is 4.98 Å². The van der Waals surface area contributed by atoms with Gasteiger partial charge in [-0.2, -0.15) is 18.2 Å². The predicted molar refractivity (Wildman–Crippen MR) is 121 cm³/mol. The first-order chi connectivity index (χ1) is 16.8. The zero-order valence-electron chi connectivity index (χ0n) is 18.0. The standard InChI is InChI=1S/C23H18ClF3N6O2/c24-17-5-7-18(8-6-17)35-22-19(21(34)29-9-2-11-33-12-10-28-14-33)31-32-20(30-22)15-3-1-4-16(13-15)23(25,26)27/h1,3-8,10,12-14H,2,9,11H2,(H,29,34). The van der Waals surface area contributed by atoms with E-state index in [0.29, 0.717) is 30.3 Å². The van der Waals surface area contributed by atoms with Crippen molar-refractivity contribution in [2.45, 2.75) is 19.1 Å². The summed E-state index contributed by atoms with van der Waals surface area (Å²) in [7, 11) is 0. The van der Waals surface area contributed by atoms with E-state index in [0.717, 1.165) is 12.1 Å². The Kier molecular flexibility index (Phi) is 7.25. The number of nitrogens with zero attached hydrogens (tertiary/aromatic N) is 5. The molecule has 0 spiro atoms. The Morgan fingerprint density at radius 3 is 2.63 bits per heavy atom. The molecule has 4 aromatic rings. The van der Waals surface area contributed by atoms with Gasteiger partial charge in [-0.3, -0.25) is 4.79 Å². The molecule has 0 radical (unpaired) electrons. The van der Waals surface area contributed by atoms with Crippen LogP contribution in [0.4, 0.5) is 13.2 Å². The lowest BCUT2D eigenvalue weighted by atomic mass is 10.1. The molecule has 2 aromatic heterocycles. The number of rotatable bonds is 8. The Hall–Kier alpha value is -3.99. The van der Waals surface area contributed by atoms with Gasteiger partial charge in [-0.1, -0.05) is 23.7 Å². The fourth-order valence-corrected chi connectivity index (χ4v) is 3.19. The fraction of sp³-hybridized carbons (Fsp3) is 0.174. The minimum atomic E-state index is -4.54. The number of amides is 1. The summed E-state index contributed by atoms with van der Waals surface area (Å²) < 4.78 is 47.0. The maximum absolute atomic E-state index is 13.1. The molecule has 1 amide bonds. The van der Waals surface area contributed by atoms with Gasteiger partial charge in [0.15, 0.2) is 5.82 Å². The van der Waals surface area contributed by atoms with E-state index >= 15 is 0 Å². The van der Waals surface area contributed by atoms with Crippen LogP contribution in [0.5, 0.6) is 11.6 Å². The van der Waals surface area contributed by atoms with E-state index < -0.39 is 17.6 Å². The summed E-state index contributed by atoms with van der Waals surface area (Å²) in [5.41, 5.74) is -1.00. The van der Waals surface area contributed by atoms with Crippen molar-refractivity contribution in [3.05, 3.63) is 83.5 Å². The number of benzene rings is 2. The van der Waals surface area contributed by atoms with Crippen LogP contribution in [0.25, 0.3) is 11.4 Å². The predicted octanol–water partition coefficient (Wildman–Crippen LogP) is 5.02. The maximum atomic E-state index is 13.1. The normalized spacial score (nSPS) is 11.3. The molecule has 2 aromatic carbocycles. The molecule has 0 atom stereocenters. The Balaban J connectivity index is 1.58. The summed E-state index contributed by atoms with van der Waals surface area (Å²) in [5.74, 6) is -0.618. The third-order valence-electron chi connectivity index (χ3n) is 4.78. The number of alkyl halides is 3. The SMILES string of the molecule is O=C(NCCCn1ccnc1)c1nnc(-c2cccc(C(F)(F)F)c2)nc1Oc1ccc(Cl)cc1. The van der Waals surface area contributed by atoms with Gasteiger partial charge >= 0.3 is 6.18 Å². The summed E-state index contributed by atoms with van der Waals surface area (Å²) in [6.45, 7) is 0.973. The van der Waals surface area contributed by atoms with Gasteiger partial charge in [-0.05, 0) is 42.8 Å². The number of carbonyl (C=O) groups excluding carboxylic acids is 1. The summed E-state index contributed by atoms with van der Waals surface area (Å²) in [6.07, 6.45) is 1.22. The van der Waals surface area contributed by atoms with E-state index in [1.54, 1.807) is 36.8 Å². The molecule has 0 aliphatic heterocycles. The van der Waals surface area contributed by atoms with Crippen molar-refractivity contribution in [3.63, 3.8) is 0 Å². The molecule has 4 rings (SSSR count). The van der Waals surface area contributed by atoms with Crippen molar-refractivity contribution in [2.75, 3.05) is 6.54 Å². The molecule has 8 nitrogen and oxygen atoms in total. The minimum absolute atomic E-state index is 0.0700. The topological polar surface area (TPSA) is 94.8 Å². The molecule has 180 valence electrons. The zero-order chi connectivity index (χ0) is 24.8. The van der Waals surface area contributed by atoms with Crippen molar-refractivity contribution < 1.29 is 22.7 Å². The number of aryl methyl sites for hydroxylation is 1. The number of imidazole rings is 1. The number of carbonyl (C=O) groups is 1.